The molecule has 0 spiro atoms. The number of rotatable bonds is 7. The quantitative estimate of drug-likeness (QED) is 0.334. The second kappa shape index (κ2) is 9.27. The molecule has 0 bridgehead atoms. The lowest BCUT2D eigenvalue weighted by Gasteiger charge is -2.10. The second-order valence-corrected chi connectivity index (χ2v) is 7.94. The molecule has 1 amide bonds. The Kier molecular flexibility index (Phi) is 6.27. The lowest BCUT2D eigenvalue weighted by molar-refractivity contribution is -0.113. The number of amides is 1. The zero-order chi connectivity index (χ0) is 22.7. The van der Waals surface area contributed by atoms with Crippen LogP contribution >= 0.6 is 11.8 Å². The van der Waals surface area contributed by atoms with Crippen molar-refractivity contribution >= 4 is 45.9 Å². The number of esters is 1. The van der Waals surface area contributed by atoms with Crippen molar-refractivity contribution in [2.24, 2.45) is 0 Å². The first-order chi connectivity index (χ1) is 15.5. The van der Waals surface area contributed by atoms with Gasteiger partial charge in [0.05, 0.1) is 36.2 Å². The Morgan fingerprint density at radius 2 is 1.94 bits per heavy atom. The van der Waals surface area contributed by atoms with E-state index in [9.17, 15) is 9.59 Å². The first-order valence-corrected chi connectivity index (χ1v) is 11.0. The Hall–Kier alpha value is -3.59. The van der Waals surface area contributed by atoms with E-state index in [-0.39, 0.29) is 18.3 Å². The van der Waals surface area contributed by atoms with E-state index in [0.717, 1.165) is 27.9 Å². The van der Waals surface area contributed by atoms with Crippen LogP contribution in [0.25, 0.3) is 16.6 Å². The molecule has 0 radical (unpaired) electrons. The molecule has 2 aromatic carbocycles. The molecule has 8 nitrogen and oxygen atoms in total. The van der Waals surface area contributed by atoms with Crippen molar-refractivity contribution in [3.8, 4) is 5.75 Å². The highest BCUT2D eigenvalue weighted by atomic mass is 32.2. The van der Waals surface area contributed by atoms with Crippen molar-refractivity contribution < 1.29 is 19.1 Å². The number of para-hydroxylation sites is 1. The van der Waals surface area contributed by atoms with Crippen LogP contribution in [0.4, 0.5) is 5.69 Å². The predicted octanol–water partition coefficient (Wildman–Crippen LogP) is 4.11. The summed E-state index contributed by atoms with van der Waals surface area (Å²) in [6.07, 6.45) is 0. The topological polar surface area (TPSA) is 94.8 Å². The molecule has 2 heterocycles. The number of hydrogen-bond acceptors (Lipinski definition) is 7. The largest absolute Gasteiger partial charge is 0.497 e. The number of hydrogen-bond donors (Lipinski definition) is 1. The first-order valence-electron chi connectivity index (χ1n) is 10.0. The summed E-state index contributed by atoms with van der Waals surface area (Å²) in [5.74, 6) is 0.126. The monoisotopic (exact) mass is 450 g/mol. The smallest absolute Gasteiger partial charge is 0.340 e. The molecule has 164 valence electrons. The van der Waals surface area contributed by atoms with E-state index in [1.54, 1.807) is 38.3 Å². The molecule has 0 aliphatic carbocycles. The van der Waals surface area contributed by atoms with Gasteiger partial charge >= 0.3 is 5.97 Å². The number of nitrogens with zero attached hydrogens (tertiary/aromatic N) is 3. The van der Waals surface area contributed by atoms with Crippen molar-refractivity contribution in [1.82, 2.24) is 14.6 Å². The lowest BCUT2D eigenvalue weighted by Crippen LogP contribution is -2.17. The van der Waals surface area contributed by atoms with Crippen LogP contribution in [-0.2, 0) is 9.53 Å². The highest BCUT2D eigenvalue weighted by Gasteiger charge is 2.17. The van der Waals surface area contributed by atoms with Gasteiger partial charge in [-0.15, -0.1) is 10.2 Å². The zero-order valence-electron chi connectivity index (χ0n) is 17.9. The second-order valence-electron chi connectivity index (χ2n) is 7.00. The molecule has 4 rings (SSSR count). The third-order valence-corrected chi connectivity index (χ3v) is 5.79. The van der Waals surface area contributed by atoms with E-state index < -0.39 is 5.97 Å². The maximum absolute atomic E-state index is 12.6. The van der Waals surface area contributed by atoms with Gasteiger partial charge in [-0.2, -0.15) is 0 Å². The number of nitrogens with one attached hydrogen (secondary N) is 1. The van der Waals surface area contributed by atoms with Gasteiger partial charge in [0.2, 0.25) is 5.91 Å². The maximum Gasteiger partial charge on any atom is 0.340 e. The van der Waals surface area contributed by atoms with E-state index >= 15 is 0 Å². The number of pyridine rings is 1. The van der Waals surface area contributed by atoms with E-state index in [2.05, 4.69) is 15.5 Å². The first kappa shape index (κ1) is 21.6. The van der Waals surface area contributed by atoms with Crippen molar-refractivity contribution in [2.75, 3.05) is 24.8 Å². The van der Waals surface area contributed by atoms with Gasteiger partial charge in [0, 0.05) is 5.39 Å². The molecule has 0 unspecified atom stereocenters. The SMILES string of the molecule is CCOC(=O)c1ccccc1NC(=O)CSc1nnc2c(C)cc3cc(OC)ccc3n12. The summed E-state index contributed by atoms with van der Waals surface area (Å²) in [6, 6.07) is 14.6. The maximum atomic E-state index is 12.6. The summed E-state index contributed by atoms with van der Waals surface area (Å²) in [4.78, 5) is 24.8. The number of methoxy groups -OCH3 is 1. The number of thioether (sulfide) groups is 1. The van der Waals surface area contributed by atoms with Crippen LogP contribution in [-0.4, -0.2) is 45.9 Å². The van der Waals surface area contributed by atoms with Crippen molar-refractivity contribution in [2.45, 2.75) is 19.0 Å². The van der Waals surface area contributed by atoms with Crippen molar-refractivity contribution in [3.05, 3.63) is 59.7 Å². The van der Waals surface area contributed by atoms with Gasteiger partial charge in [-0.05, 0) is 55.8 Å². The third kappa shape index (κ3) is 4.24. The Morgan fingerprint density at radius 3 is 2.72 bits per heavy atom. The average molecular weight is 451 g/mol. The third-order valence-electron chi connectivity index (χ3n) is 4.86. The summed E-state index contributed by atoms with van der Waals surface area (Å²) < 4.78 is 12.3. The van der Waals surface area contributed by atoms with E-state index in [1.165, 1.54) is 11.8 Å². The van der Waals surface area contributed by atoms with Gasteiger partial charge in [0.15, 0.2) is 10.8 Å². The molecule has 9 heteroatoms. The van der Waals surface area contributed by atoms with Gasteiger partial charge < -0.3 is 14.8 Å². The van der Waals surface area contributed by atoms with Gasteiger partial charge in [-0.25, -0.2) is 4.79 Å². The number of aryl methyl sites for hydroxylation is 1. The number of carbonyl (C=O) groups is 2. The number of carbonyl (C=O) groups excluding carboxylic acids is 2. The highest BCUT2D eigenvalue weighted by Crippen LogP contribution is 2.28. The van der Waals surface area contributed by atoms with E-state index in [0.29, 0.717) is 16.4 Å². The number of fused-ring (bicyclic) bond motifs is 3. The Labute approximate surface area is 188 Å². The van der Waals surface area contributed by atoms with Gasteiger partial charge in [0.25, 0.3) is 0 Å². The molecule has 0 fully saturated rings. The summed E-state index contributed by atoms with van der Waals surface area (Å²) in [5.41, 5.74) is 3.36. The summed E-state index contributed by atoms with van der Waals surface area (Å²) in [6.45, 7) is 3.96. The minimum absolute atomic E-state index is 0.101. The van der Waals surface area contributed by atoms with Gasteiger partial charge in [0.1, 0.15) is 5.75 Å². The van der Waals surface area contributed by atoms with Crippen molar-refractivity contribution in [1.29, 1.82) is 0 Å². The molecule has 1 N–H and O–H groups in total. The number of aromatic nitrogens is 3. The molecule has 4 aromatic rings. The average Bonchev–Trinajstić information content (AvgIpc) is 3.23. The molecular formula is C23H22N4O4S. The molecule has 32 heavy (non-hydrogen) atoms. The normalized spacial score (nSPS) is 11.0. The van der Waals surface area contributed by atoms with Crippen LogP contribution in [0.15, 0.2) is 53.7 Å². The van der Waals surface area contributed by atoms with Gasteiger partial charge in [-0.3, -0.25) is 9.20 Å². The van der Waals surface area contributed by atoms with Crippen LogP contribution in [0.3, 0.4) is 0 Å². The van der Waals surface area contributed by atoms with E-state index in [4.69, 9.17) is 9.47 Å². The number of anilines is 1. The Bertz CT molecular complexity index is 1320. The minimum atomic E-state index is -0.475. The fraction of sp³-hybridized carbons (Fsp3) is 0.217. The lowest BCUT2D eigenvalue weighted by atomic mass is 10.1. The zero-order valence-corrected chi connectivity index (χ0v) is 18.7. The molecule has 2 aromatic heterocycles. The van der Waals surface area contributed by atoms with Crippen LogP contribution in [0.5, 0.6) is 5.75 Å². The highest BCUT2D eigenvalue weighted by molar-refractivity contribution is 7.99. The minimum Gasteiger partial charge on any atom is -0.497 e. The summed E-state index contributed by atoms with van der Waals surface area (Å²) >= 11 is 1.27. The fourth-order valence-corrected chi connectivity index (χ4v) is 4.15. The number of ether oxygens (including phenoxy) is 2. The Morgan fingerprint density at radius 1 is 1.12 bits per heavy atom. The number of benzene rings is 2. The molecule has 0 aliphatic rings. The Balaban J connectivity index is 1.56. The molecule has 0 saturated carbocycles. The van der Waals surface area contributed by atoms with Crippen molar-refractivity contribution in [3.63, 3.8) is 0 Å². The van der Waals surface area contributed by atoms with Crippen LogP contribution in [0.1, 0.15) is 22.8 Å². The standard InChI is InChI=1S/C23H22N4O4S/c1-4-31-22(29)17-7-5-6-8-18(17)24-20(28)13-32-23-26-25-21-14(2)11-15-12-16(30-3)9-10-19(15)27(21)23/h5-12H,4,13H2,1-3H3,(H,24,28). The van der Waals surface area contributed by atoms with Crippen LogP contribution in [0.2, 0.25) is 0 Å². The van der Waals surface area contributed by atoms with Gasteiger partial charge in [-0.1, -0.05) is 23.9 Å². The molecule has 0 atom stereocenters. The molecule has 0 saturated heterocycles. The fourth-order valence-electron chi connectivity index (χ4n) is 3.41. The van der Waals surface area contributed by atoms with Crippen LogP contribution in [0, 0.1) is 6.92 Å². The molecule has 0 aliphatic heterocycles. The van der Waals surface area contributed by atoms with E-state index in [1.807, 2.05) is 35.6 Å². The van der Waals surface area contributed by atoms with Crippen LogP contribution < -0.4 is 10.1 Å². The summed E-state index contributed by atoms with van der Waals surface area (Å²) in [5, 5.41) is 13.0. The molecular weight excluding hydrogens is 428 g/mol. The predicted molar refractivity (Wildman–Crippen MR) is 124 cm³/mol. The summed E-state index contributed by atoms with van der Waals surface area (Å²) in [7, 11) is 1.63.